The second-order valence-electron chi connectivity index (χ2n) is 5.47. The molecule has 0 N–H and O–H groups in total. The Morgan fingerprint density at radius 2 is 1.65 bits per heavy atom. The molecule has 20 heavy (non-hydrogen) atoms. The van der Waals surface area contributed by atoms with Gasteiger partial charge in [-0.15, -0.1) is 0 Å². The fraction of sp³-hybridized carbons (Fsp3) is 0.600. The first-order chi connectivity index (χ1) is 9.36. The molecule has 112 valence electrons. The maximum atomic E-state index is 12.5. The SMILES string of the molecule is CC(C)N1CCC(Oc2ccc(C(F)(F)F)cc2)CC1. The number of alkyl halides is 3. The van der Waals surface area contributed by atoms with Crippen LogP contribution in [0.1, 0.15) is 32.3 Å². The Balaban J connectivity index is 1.89. The van der Waals surface area contributed by atoms with E-state index in [-0.39, 0.29) is 6.10 Å². The molecule has 0 aliphatic carbocycles. The third-order valence-electron chi connectivity index (χ3n) is 3.69. The molecule has 0 atom stereocenters. The highest BCUT2D eigenvalue weighted by Gasteiger charge is 2.30. The number of nitrogens with zero attached hydrogens (tertiary/aromatic N) is 1. The molecule has 2 rings (SSSR count). The van der Waals surface area contributed by atoms with Gasteiger partial charge in [-0.05, 0) is 51.0 Å². The van der Waals surface area contributed by atoms with E-state index in [1.807, 2.05) is 0 Å². The van der Waals surface area contributed by atoms with E-state index in [1.165, 1.54) is 12.1 Å². The predicted molar refractivity (Wildman–Crippen MR) is 71.8 cm³/mol. The van der Waals surface area contributed by atoms with Crippen LogP contribution in [0.5, 0.6) is 5.75 Å². The molecule has 1 aromatic carbocycles. The van der Waals surface area contributed by atoms with Gasteiger partial charge in [-0.1, -0.05) is 0 Å². The van der Waals surface area contributed by atoms with Gasteiger partial charge >= 0.3 is 6.18 Å². The lowest BCUT2D eigenvalue weighted by molar-refractivity contribution is -0.137. The van der Waals surface area contributed by atoms with Crippen LogP contribution in [0.15, 0.2) is 24.3 Å². The number of hydrogen-bond donors (Lipinski definition) is 0. The molecule has 0 radical (unpaired) electrons. The topological polar surface area (TPSA) is 12.5 Å². The van der Waals surface area contributed by atoms with Gasteiger partial charge in [0.15, 0.2) is 0 Å². The standard InChI is InChI=1S/C15H20F3NO/c1-11(2)19-9-7-14(8-10-19)20-13-5-3-12(4-6-13)15(16,17)18/h3-6,11,14H,7-10H2,1-2H3. The summed E-state index contributed by atoms with van der Waals surface area (Å²) >= 11 is 0. The number of halogens is 3. The summed E-state index contributed by atoms with van der Waals surface area (Å²) in [7, 11) is 0. The first kappa shape index (κ1) is 15.2. The number of rotatable bonds is 3. The van der Waals surface area contributed by atoms with E-state index in [9.17, 15) is 13.2 Å². The molecule has 0 bridgehead atoms. The van der Waals surface area contributed by atoms with Gasteiger partial charge in [0.2, 0.25) is 0 Å². The molecular formula is C15H20F3NO. The van der Waals surface area contributed by atoms with E-state index in [0.717, 1.165) is 38.1 Å². The fourth-order valence-electron chi connectivity index (χ4n) is 2.42. The van der Waals surface area contributed by atoms with Crippen molar-refractivity contribution in [2.75, 3.05) is 13.1 Å². The van der Waals surface area contributed by atoms with Crippen LogP contribution in [-0.4, -0.2) is 30.1 Å². The zero-order valence-corrected chi connectivity index (χ0v) is 11.8. The Hall–Kier alpha value is -1.23. The summed E-state index contributed by atoms with van der Waals surface area (Å²) in [5.74, 6) is 0.515. The van der Waals surface area contributed by atoms with Gasteiger partial charge in [-0.3, -0.25) is 0 Å². The van der Waals surface area contributed by atoms with Gasteiger partial charge in [0.25, 0.3) is 0 Å². The maximum Gasteiger partial charge on any atom is 0.416 e. The van der Waals surface area contributed by atoms with Crippen LogP contribution < -0.4 is 4.74 Å². The Morgan fingerprint density at radius 1 is 1.10 bits per heavy atom. The predicted octanol–water partition coefficient (Wildman–Crippen LogP) is 3.96. The lowest BCUT2D eigenvalue weighted by atomic mass is 10.1. The van der Waals surface area contributed by atoms with Crippen molar-refractivity contribution in [3.8, 4) is 5.75 Å². The average molecular weight is 287 g/mol. The first-order valence-corrected chi connectivity index (χ1v) is 6.94. The number of ether oxygens (including phenoxy) is 1. The molecular weight excluding hydrogens is 267 g/mol. The summed E-state index contributed by atoms with van der Waals surface area (Å²) in [6.07, 6.45) is -2.36. The van der Waals surface area contributed by atoms with Gasteiger partial charge in [0.05, 0.1) is 5.56 Å². The smallest absolute Gasteiger partial charge is 0.416 e. The molecule has 0 unspecified atom stereocenters. The first-order valence-electron chi connectivity index (χ1n) is 6.94. The molecule has 1 aromatic rings. The Morgan fingerprint density at radius 3 is 2.10 bits per heavy atom. The molecule has 0 spiro atoms. The average Bonchev–Trinajstić information content (AvgIpc) is 2.39. The largest absolute Gasteiger partial charge is 0.490 e. The van der Waals surface area contributed by atoms with E-state index in [4.69, 9.17) is 4.74 Å². The lowest BCUT2D eigenvalue weighted by Crippen LogP contribution is -2.41. The van der Waals surface area contributed by atoms with Crippen molar-refractivity contribution in [1.82, 2.24) is 4.90 Å². The second-order valence-corrected chi connectivity index (χ2v) is 5.47. The van der Waals surface area contributed by atoms with Crippen LogP contribution in [0, 0.1) is 0 Å². The molecule has 0 aromatic heterocycles. The van der Waals surface area contributed by atoms with Crippen molar-refractivity contribution >= 4 is 0 Å². The summed E-state index contributed by atoms with van der Waals surface area (Å²) in [6.45, 7) is 6.28. The number of hydrogen-bond acceptors (Lipinski definition) is 2. The highest BCUT2D eigenvalue weighted by molar-refractivity contribution is 5.29. The maximum absolute atomic E-state index is 12.5. The number of piperidine rings is 1. The molecule has 5 heteroatoms. The normalized spacial score (nSPS) is 18.5. The van der Waals surface area contributed by atoms with Crippen molar-refractivity contribution < 1.29 is 17.9 Å². The molecule has 1 aliphatic rings. The minimum Gasteiger partial charge on any atom is -0.490 e. The van der Waals surface area contributed by atoms with E-state index in [2.05, 4.69) is 18.7 Å². The van der Waals surface area contributed by atoms with Gasteiger partial charge in [-0.25, -0.2) is 0 Å². The molecule has 0 amide bonds. The Bertz CT molecular complexity index is 420. The molecule has 1 aliphatic heterocycles. The summed E-state index contributed by atoms with van der Waals surface area (Å²) in [6, 6.07) is 5.47. The third-order valence-corrected chi connectivity index (χ3v) is 3.69. The van der Waals surface area contributed by atoms with E-state index in [1.54, 1.807) is 0 Å². The zero-order chi connectivity index (χ0) is 14.8. The van der Waals surface area contributed by atoms with E-state index in [0.29, 0.717) is 11.8 Å². The van der Waals surface area contributed by atoms with Crippen LogP contribution in [0.25, 0.3) is 0 Å². The van der Waals surface area contributed by atoms with Crippen LogP contribution in [0.3, 0.4) is 0 Å². The van der Waals surface area contributed by atoms with Crippen LogP contribution in [0.4, 0.5) is 13.2 Å². The molecule has 2 nitrogen and oxygen atoms in total. The minimum absolute atomic E-state index is 0.0988. The van der Waals surface area contributed by atoms with Gasteiger partial charge in [-0.2, -0.15) is 13.2 Å². The van der Waals surface area contributed by atoms with Crippen molar-refractivity contribution in [2.45, 2.75) is 45.0 Å². The lowest BCUT2D eigenvalue weighted by Gasteiger charge is -2.34. The molecule has 0 saturated carbocycles. The van der Waals surface area contributed by atoms with Crippen LogP contribution in [0.2, 0.25) is 0 Å². The minimum atomic E-state index is -4.29. The number of likely N-dealkylation sites (tertiary alicyclic amines) is 1. The molecule has 1 fully saturated rings. The van der Waals surface area contributed by atoms with Crippen LogP contribution >= 0.6 is 0 Å². The summed E-state index contributed by atoms with van der Waals surface area (Å²) in [5, 5.41) is 0. The summed E-state index contributed by atoms with van der Waals surface area (Å²) < 4.78 is 43.1. The van der Waals surface area contributed by atoms with E-state index < -0.39 is 11.7 Å². The monoisotopic (exact) mass is 287 g/mol. The Kier molecular flexibility index (Phi) is 4.58. The highest BCUT2D eigenvalue weighted by Crippen LogP contribution is 2.30. The van der Waals surface area contributed by atoms with Gasteiger partial charge in [0, 0.05) is 19.1 Å². The molecule has 1 saturated heterocycles. The van der Waals surface area contributed by atoms with E-state index >= 15 is 0 Å². The van der Waals surface area contributed by atoms with Crippen molar-refractivity contribution in [1.29, 1.82) is 0 Å². The second kappa shape index (κ2) is 6.04. The summed E-state index contributed by atoms with van der Waals surface area (Å²) in [4.78, 5) is 2.38. The van der Waals surface area contributed by atoms with Gasteiger partial charge < -0.3 is 9.64 Å². The number of benzene rings is 1. The third kappa shape index (κ3) is 3.88. The highest BCUT2D eigenvalue weighted by atomic mass is 19.4. The quantitative estimate of drug-likeness (QED) is 0.834. The van der Waals surface area contributed by atoms with Crippen molar-refractivity contribution in [2.24, 2.45) is 0 Å². The summed E-state index contributed by atoms with van der Waals surface area (Å²) in [5.41, 5.74) is -0.639. The van der Waals surface area contributed by atoms with Crippen LogP contribution in [-0.2, 0) is 6.18 Å². The van der Waals surface area contributed by atoms with Gasteiger partial charge in [0.1, 0.15) is 11.9 Å². The molecule has 1 heterocycles. The van der Waals surface area contributed by atoms with Crippen molar-refractivity contribution in [3.05, 3.63) is 29.8 Å². The zero-order valence-electron chi connectivity index (χ0n) is 11.8. The van der Waals surface area contributed by atoms with Crippen molar-refractivity contribution in [3.63, 3.8) is 0 Å². The fourth-order valence-corrected chi connectivity index (χ4v) is 2.42. The Labute approximate surface area is 117 Å².